The van der Waals surface area contributed by atoms with Crippen molar-refractivity contribution in [2.24, 2.45) is 5.41 Å². The molecule has 31 heavy (non-hydrogen) atoms. The summed E-state index contributed by atoms with van der Waals surface area (Å²) >= 11 is 0. The van der Waals surface area contributed by atoms with Crippen molar-refractivity contribution in [2.45, 2.75) is 51.9 Å². The number of carboxylic acids is 1. The first-order valence-corrected chi connectivity index (χ1v) is 10.8. The summed E-state index contributed by atoms with van der Waals surface area (Å²) < 4.78 is 12.5. The van der Waals surface area contributed by atoms with Crippen molar-refractivity contribution < 1.29 is 24.2 Å². The van der Waals surface area contributed by atoms with E-state index in [9.17, 15) is 9.59 Å². The highest BCUT2D eigenvalue weighted by Gasteiger charge is 2.42. The molecule has 0 saturated carbocycles. The zero-order valence-electron chi connectivity index (χ0n) is 18.1. The normalized spacial score (nSPS) is 17.7. The van der Waals surface area contributed by atoms with Gasteiger partial charge in [-0.25, -0.2) is 0 Å². The number of likely N-dealkylation sites (tertiary alicyclic amines) is 1. The van der Waals surface area contributed by atoms with Gasteiger partial charge in [0.15, 0.2) is 0 Å². The van der Waals surface area contributed by atoms with Crippen LogP contribution in [0.4, 0.5) is 0 Å². The van der Waals surface area contributed by atoms with Gasteiger partial charge in [-0.3, -0.25) is 9.59 Å². The third kappa shape index (κ3) is 4.90. The first-order chi connectivity index (χ1) is 14.8. The number of ether oxygens (including phenoxy) is 2. The number of piperidine rings is 1. The van der Waals surface area contributed by atoms with Crippen molar-refractivity contribution in [1.82, 2.24) is 4.90 Å². The highest BCUT2D eigenvalue weighted by Crippen LogP contribution is 2.39. The second-order valence-electron chi connectivity index (χ2n) is 9.28. The van der Waals surface area contributed by atoms with Gasteiger partial charge >= 0.3 is 5.97 Å². The van der Waals surface area contributed by atoms with Gasteiger partial charge in [0, 0.05) is 37.9 Å². The lowest BCUT2D eigenvalue weighted by atomic mass is 9.85. The summed E-state index contributed by atoms with van der Waals surface area (Å²) in [5.41, 5.74) is 2.75. The van der Waals surface area contributed by atoms with E-state index in [0.717, 1.165) is 22.4 Å². The molecule has 2 aromatic rings. The lowest BCUT2D eigenvalue weighted by molar-refractivity contribution is -0.227. The topological polar surface area (TPSA) is 76.1 Å². The van der Waals surface area contributed by atoms with E-state index in [1.165, 1.54) is 0 Å². The molecular weight excluding hydrogens is 394 g/mol. The van der Waals surface area contributed by atoms with Crippen molar-refractivity contribution in [3.63, 3.8) is 0 Å². The Balaban J connectivity index is 1.38. The Morgan fingerprint density at radius 1 is 1.03 bits per heavy atom. The molecule has 164 valence electrons. The molecule has 1 amide bonds. The van der Waals surface area contributed by atoms with Crippen molar-refractivity contribution in [3.05, 3.63) is 54.1 Å². The van der Waals surface area contributed by atoms with Crippen LogP contribution in [0.25, 0.3) is 11.1 Å². The summed E-state index contributed by atoms with van der Waals surface area (Å²) in [5, 5.41) is 9.04. The van der Waals surface area contributed by atoms with Crippen molar-refractivity contribution in [3.8, 4) is 16.9 Å². The molecule has 0 bridgehead atoms. The monoisotopic (exact) mass is 423 g/mol. The second-order valence-corrected chi connectivity index (χ2v) is 9.28. The van der Waals surface area contributed by atoms with Crippen LogP contribution in [0.2, 0.25) is 0 Å². The molecule has 6 heteroatoms. The van der Waals surface area contributed by atoms with Gasteiger partial charge in [-0.2, -0.15) is 0 Å². The maximum absolute atomic E-state index is 12.7. The Hall–Kier alpha value is -2.86. The first-order valence-electron chi connectivity index (χ1n) is 10.8. The minimum Gasteiger partial charge on any atom is -0.481 e. The summed E-state index contributed by atoms with van der Waals surface area (Å²) in [7, 11) is 0. The molecular formula is C25H29NO5. The number of rotatable bonds is 5. The summed E-state index contributed by atoms with van der Waals surface area (Å²) in [5.74, 6) is -0.749. The number of hydrogen-bond acceptors (Lipinski definition) is 4. The van der Waals surface area contributed by atoms with Gasteiger partial charge in [0.1, 0.15) is 5.75 Å². The van der Waals surface area contributed by atoms with E-state index in [4.69, 9.17) is 14.6 Å². The average Bonchev–Trinajstić information content (AvgIpc) is 2.73. The number of fused-ring (bicyclic) bond motifs is 1. The number of nitrogens with zero attached hydrogens (tertiary/aromatic N) is 1. The number of carboxylic acid groups (broad SMARTS) is 1. The van der Waals surface area contributed by atoms with Crippen LogP contribution < -0.4 is 4.74 Å². The standard InChI is InChI=1S/C25H29NO5/c1-24(2,16-23(28)29)15-22(27)26-12-10-25(11-13-26)30-17-20-14-19(8-9-21(20)31-25)18-6-4-3-5-7-18/h3-9,14H,10-13,15-17H2,1-2H3,(H,28,29). The molecule has 2 aliphatic rings. The van der Waals surface area contributed by atoms with Gasteiger partial charge in [-0.1, -0.05) is 50.2 Å². The molecule has 0 atom stereocenters. The van der Waals surface area contributed by atoms with Crippen LogP contribution in [0.5, 0.6) is 5.75 Å². The van der Waals surface area contributed by atoms with Crippen LogP contribution in [0, 0.1) is 5.41 Å². The molecule has 0 aromatic heterocycles. The van der Waals surface area contributed by atoms with Gasteiger partial charge in [0.05, 0.1) is 13.0 Å². The molecule has 0 unspecified atom stereocenters. The van der Waals surface area contributed by atoms with E-state index in [-0.39, 0.29) is 18.7 Å². The third-order valence-electron chi connectivity index (χ3n) is 6.09. The van der Waals surface area contributed by atoms with E-state index in [1.807, 2.05) is 38.1 Å². The smallest absolute Gasteiger partial charge is 0.303 e. The third-order valence-corrected chi connectivity index (χ3v) is 6.09. The van der Waals surface area contributed by atoms with Crippen LogP contribution in [-0.4, -0.2) is 40.8 Å². The number of hydrogen-bond donors (Lipinski definition) is 1. The number of carbonyl (C=O) groups excluding carboxylic acids is 1. The minimum absolute atomic E-state index is 0.00943. The van der Waals surface area contributed by atoms with Crippen molar-refractivity contribution >= 4 is 11.9 Å². The first kappa shape index (κ1) is 21.4. The van der Waals surface area contributed by atoms with Crippen LogP contribution in [0.1, 0.15) is 45.1 Å². The average molecular weight is 424 g/mol. The Morgan fingerprint density at radius 3 is 2.42 bits per heavy atom. The number of amides is 1. The molecule has 1 fully saturated rings. The maximum Gasteiger partial charge on any atom is 0.303 e. The number of aliphatic carboxylic acids is 1. The van der Waals surface area contributed by atoms with Crippen molar-refractivity contribution in [1.29, 1.82) is 0 Å². The van der Waals surface area contributed by atoms with E-state index in [0.29, 0.717) is 32.5 Å². The second kappa shape index (κ2) is 8.35. The van der Waals surface area contributed by atoms with Crippen molar-refractivity contribution in [2.75, 3.05) is 13.1 Å². The van der Waals surface area contributed by atoms with E-state index in [1.54, 1.807) is 4.90 Å². The van der Waals surface area contributed by atoms with Gasteiger partial charge in [0.2, 0.25) is 11.7 Å². The molecule has 2 aliphatic heterocycles. The van der Waals surface area contributed by atoms with Crippen LogP contribution >= 0.6 is 0 Å². The molecule has 0 aliphatic carbocycles. The minimum atomic E-state index is -0.881. The van der Waals surface area contributed by atoms with Crippen LogP contribution in [0.15, 0.2) is 48.5 Å². The molecule has 0 radical (unpaired) electrons. The highest BCUT2D eigenvalue weighted by atomic mass is 16.7. The maximum atomic E-state index is 12.7. The Labute approximate surface area is 182 Å². The summed E-state index contributed by atoms with van der Waals surface area (Å²) in [6.07, 6.45) is 1.39. The number of benzene rings is 2. The summed E-state index contributed by atoms with van der Waals surface area (Å²) in [6, 6.07) is 16.4. The summed E-state index contributed by atoms with van der Waals surface area (Å²) in [4.78, 5) is 25.5. The zero-order valence-corrected chi connectivity index (χ0v) is 18.1. The summed E-state index contributed by atoms with van der Waals surface area (Å²) in [6.45, 7) is 5.20. The predicted molar refractivity (Wildman–Crippen MR) is 116 cm³/mol. The lowest BCUT2D eigenvalue weighted by Gasteiger charge is -2.44. The molecule has 1 saturated heterocycles. The van der Waals surface area contributed by atoms with E-state index >= 15 is 0 Å². The molecule has 1 N–H and O–H groups in total. The quantitative estimate of drug-likeness (QED) is 0.768. The Bertz CT molecular complexity index is 961. The predicted octanol–water partition coefficient (Wildman–Crippen LogP) is 4.47. The van der Waals surface area contributed by atoms with Crippen LogP contribution in [0.3, 0.4) is 0 Å². The Kier molecular flexibility index (Phi) is 5.75. The number of carbonyl (C=O) groups is 2. The van der Waals surface area contributed by atoms with Gasteiger partial charge in [-0.05, 0) is 28.7 Å². The molecule has 2 heterocycles. The largest absolute Gasteiger partial charge is 0.481 e. The highest BCUT2D eigenvalue weighted by molar-refractivity contribution is 5.78. The molecule has 2 aromatic carbocycles. The van der Waals surface area contributed by atoms with Gasteiger partial charge in [0.25, 0.3) is 0 Å². The molecule has 1 spiro atoms. The van der Waals surface area contributed by atoms with E-state index in [2.05, 4.69) is 24.3 Å². The van der Waals surface area contributed by atoms with E-state index < -0.39 is 17.2 Å². The van der Waals surface area contributed by atoms with Gasteiger partial charge < -0.3 is 19.5 Å². The Morgan fingerprint density at radius 2 is 1.74 bits per heavy atom. The van der Waals surface area contributed by atoms with Crippen LogP contribution in [-0.2, 0) is 20.9 Å². The SMILES string of the molecule is CC(C)(CC(=O)O)CC(=O)N1CCC2(CC1)OCc1cc(-c3ccccc3)ccc1O2. The molecule has 6 nitrogen and oxygen atoms in total. The fourth-order valence-electron chi connectivity index (χ4n) is 4.38. The fourth-order valence-corrected chi connectivity index (χ4v) is 4.38. The fraction of sp³-hybridized carbons (Fsp3) is 0.440. The molecule has 4 rings (SSSR count). The zero-order chi connectivity index (χ0) is 22.1. The lowest BCUT2D eigenvalue weighted by Crippen LogP contribution is -2.52. The van der Waals surface area contributed by atoms with Gasteiger partial charge in [-0.15, -0.1) is 0 Å².